The summed E-state index contributed by atoms with van der Waals surface area (Å²) in [6.45, 7) is 0.778. The van der Waals surface area contributed by atoms with E-state index in [-0.39, 0.29) is 18.1 Å². The first-order valence-electron chi connectivity index (χ1n) is 8.98. The lowest BCUT2D eigenvalue weighted by Crippen LogP contribution is -2.44. The highest BCUT2D eigenvalue weighted by Crippen LogP contribution is 2.30. The van der Waals surface area contributed by atoms with Crippen LogP contribution in [0.15, 0.2) is 42.5 Å². The van der Waals surface area contributed by atoms with E-state index in [0.29, 0.717) is 16.3 Å². The number of carbonyl (C=O) groups excluding carboxylic acids is 1. The van der Waals surface area contributed by atoms with Crippen LogP contribution in [0.2, 0.25) is 5.02 Å². The molecular weight excluding hydrogens is 388 g/mol. The summed E-state index contributed by atoms with van der Waals surface area (Å²) in [5.74, 6) is -0.343. The number of carbonyl (C=O) groups is 1. The lowest BCUT2D eigenvalue weighted by molar-refractivity contribution is -0.115. The SMILES string of the molecule is CN1CCN(c2ccc(NC(=O)Cc3ccccc3OC(F)F)cc2Cl)CC1. The molecule has 2 aromatic rings. The van der Waals surface area contributed by atoms with Crippen LogP contribution >= 0.6 is 11.6 Å². The van der Waals surface area contributed by atoms with Gasteiger partial charge in [-0.15, -0.1) is 0 Å². The van der Waals surface area contributed by atoms with Gasteiger partial charge < -0.3 is 19.9 Å². The number of hydrogen-bond acceptors (Lipinski definition) is 4. The van der Waals surface area contributed by atoms with E-state index in [1.807, 2.05) is 6.07 Å². The van der Waals surface area contributed by atoms with Crippen molar-refractivity contribution in [2.45, 2.75) is 13.0 Å². The molecule has 1 N–H and O–H groups in total. The van der Waals surface area contributed by atoms with Crippen molar-refractivity contribution in [3.05, 3.63) is 53.1 Å². The molecule has 28 heavy (non-hydrogen) atoms. The number of alkyl halides is 2. The Bertz CT molecular complexity index is 827. The number of nitrogens with zero attached hydrogens (tertiary/aromatic N) is 2. The average Bonchev–Trinajstić information content (AvgIpc) is 2.64. The molecule has 0 radical (unpaired) electrons. The second-order valence-electron chi connectivity index (χ2n) is 6.67. The van der Waals surface area contributed by atoms with Gasteiger partial charge in [-0.2, -0.15) is 8.78 Å². The molecule has 0 aromatic heterocycles. The summed E-state index contributed by atoms with van der Waals surface area (Å²) in [4.78, 5) is 16.8. The van der Waals surface area contributed by atoms with Gasteiger partial charge in [0.15, 0.2) is 0 Å². The first-order valence-corrected chi connectivity index (χ1v) is 9.36. The zero-order chi connectivity index (χ0) is 20.1. The molecule has 0 spiro atoms. The third kappa shape index (κ3) is 5.33. The minimum absolute atomic E-state index is 0.00361. The molecule has 1 aliphatic rings. The van der Waals surface area contributed by atoms with Crippen LogP contribution in [0.25, 0.3) is 0 Å². The van der Waals surface area contributed by atoms with Crippen molar-refractivity contribution in [1.29, 1.82) is 0 Å². The maximum atomic E-state index is 12.5. The van der Waals surface area contributed by atoms with Crippen LogP contribution in [0, 0.1) is 0 Å². The summed E-state index contributed by atoms with van der Waals surface area (Å²) in [7, 11) is 2.09. The monoisotopic (exact) mass is 409 g/mol. The van der Waals surface area contributed by atoms with Gasteiger partial charge >= 0.3 is 6.61 Å². The van der Waals surface area contributed by atoms with Crippen LogP contribution in [0.4, 0.5) is 20.2 Å². The van der Waals surface area contributed by atoms with E-state index < -0.39 is 6.61 Å². The van der Waals surface area contributed by atoms with Gasteiger partial charge in [0.25, 0.3) is 0 Å². The van der Waals surface area contributed by atoms with Gasteiger partial charge in [-0.05, 0) is 31.3 Å². The molecule has 0 atom stereocenters. The number of halogens is 3. The summed E-state index contributed by atoms with van der Waals surface area (Å²) in [5, 5.41) is 3.31. The molecule has 5 nitrogen and oxygen atoms in total. The summed E-state index contributed by atoms with van der Waals surface area (Å²) in [5.41, 5.74) is 1.88. The quantitative estimate of drug-likeness (QED) is 0.786. The van der Waals surface area contributed by atoms with Crippen molar-refractivity contribution in [3.63, 3.8) is 0 Å². The number of amides is 1. The predicted octanol–water partition coefficient (Wildman–Crippen LogP) is 3.87. The summed E-state index contributed by atoms with van der Waals surface area (Å²) < 4.78 is 29.5. The molecule has 2 aromatic carbocycles. The minimum atomic E-state index is -2.94. The largest absolute Gasteiger partial charge is 0.435 e. The highest BCUT2D eigenvalue weighted by molar-refractivity contribution is 6.33. The van der Waals surface area contributed by atoms with E-state index in [0.717, 1.165) is 31.9 Å². The highest BCUT2D eigenvalue weighted by Gasteiger charge is 2.17. The summed E-state index contributed by atoms with van der Waals surface area (Å²) in [6, 6.07) is 11.6. The summed E-state index contributed by atoms with van der Waals surface area (Å²) in [6.07, 6.45) is -0.0826. The third-order valence-electron chi connectivity index (χ3n) is 4.62. The van der Waals surface area contributed by atoms with Crippen molar-refractivity contribution < 1.29 is 18.3 Å². The maximum absolute atomic E-state index is 12.5. The Morgan fingerprint density at radius 2 is 1.89 bits per heavy atom. The lowest BCUT2D eigenvalue weighted by Gasteiger charge is -2.34. The van der Waals surface area contributed by atoms with E-state index in [4.69, 9.17) is 11.6 Å². The van der Waals surface area contributed by atoms with E-state index in [2.05, 4.69) is 26.9 Å². The minimum Gasteiger partial charge on any atom is -0.435 e. The van der Waals surface area contributed by atoms with E-state index in [9.17, 15) is 13.6 Å². The second kappa shape index (κ2) is 9.21. The molecule has 0 saturated carbocycles. The number of anilines is 2. The third-order valence-corrected chi connectivity index (χ3v) is 4.92. The molecule has 3 rings (SSSR count). The van der Waals surface area contributed by atoms with E-state index in [1.165, 1.54) is 6.07 Å². The molecule has 1 saturated heterocycles. The Morgan fingerprint density at radius 1 is 1.18 bits per heavy atom. The van der Waals surface area contributed by atoms with Gasteiger partial charge in [0.2, 0.25) is 5.91 Å². The van der Waals surface area contributed by atoms with Crippen molar-refractivity contribution in [3.8, 4) is 5.75 Å². The van der Waals surface area contributed by atoms with E-state index >= 15 is 0 Å². The van der Waals surface area contributed by atoms with Gasteiger partial charge in [-0.3, -0.25) is 4.79 Å². The Hall–Kier alpha value is -2.38. The maximum Gasteiger partial charge on any atom is 0.387 e. The number of piperazine rings is 1. The fourth-order valence-electron chi connectivity index (χ4n) is 3.13. The first kappa shape index (κ1) is 20.4. The Labute approximate surface area is 167 Å². The van der Waals surface area contributed by atoms with Crippen LogP contribution < -0.4 is 15.0 Å². The molecular formula is C20H22ClF2N3O2. The van der Waals surface area contributed by atoms with Gasteiger partial charge in [-0.1, -0.05) is 29.8 Å². The fraction of sp³-hybridized carbons (Fsp3) is 0.350. The molecule has 8 heteroatoms. The Kier molecular flexibility index (Phi) is 6.70. The number of likely N-dealkylation sites (N-methyl/N-ethyl adjacent to an activating group) is 1. The number of ether oxygens (including phenoxy) is 1. The van der Waals surface area contributed by atoms with Crippen LogP contribution in [-0.2, 0) is 11.2 Å². The highest BCUT2D eigenvalue weighted by atomic mass is 35.5. The Morgan fingerprint density at radius 3 is 2.57 bits per heavy atom. The Balaban J connectivity index is 1.64. The summed E-state index contributed by atoms with van der Waals surface area (Å²) >= 11 is 6.42. The second-order valence-corrected chi connectivity index (χ2v) is 7.07. The smallest absolute Gasteiger partial charge is 0.387 e. The molecule has 0 bridgehead atoms. The van der Waals surface area contributed by atoms with Gasteiger partial charge in [0.1, 0.15) is 5.75 Å². The molecule has 0 unspecified atom stereocenters. The van der Waals surface area contributed by atoms with Crippen LogP contribution in [0.1, 0.15) is 5.56 Å². The zero-order valence-electron chi connectivity index (χ0n) is 15.5. The van der Waals surface area contributed by atoms with Crippen molar-refractivity contribution in [2.75, 3.05) is 43.4 Å². The number of para-hydroxylation sites is 1. The van der Waals surface area contributed by atoms with E-state index in [1.54, 1.807) is 30.3 Å². The van der Waals surface area contributed by atoms with Gasteiger partial charge in [0.05, 0.1) is 17.1 Å². The normalized spacial score (nSPS) is 15.0. The average molecular weight is 410 g/mol. The number of nitrogens with one attached hydrogen (secondary N) is 1. The molecule has 1 fully saturated rings. The van der Waals surface area contributed by atoms with Gasteiger partial charge in [0, 0.05) is 37.4 Å². The van der Waals surface area contributed by atoms with Crippen LogP contribution in [0.3, 0.4) is 0 Å². The zero-order valence-corrected chi connectivity index (χ0v) is 16.3. The van der Waals surface area contributed by atoms with Crippen molar-refractivity contribution in [2.24, 2.45) is 0 Å². The molecule has 0 aliphatic carbocycles. The number of benzene rings is 2. The van der Waals surface area contributed by atoms with Crippen LogP contribution in [0.5, 0.6) is 5.75 Å². The van der Waals surface area contributed by atoms with Crippen molar-refractivity contribution >= 4 is 28.9 Å². The van der Waals surface area contributed by atoms with Crippen molar-refractivity contribution in [1.82, 2.24) is 4.90 Å². The van der Waals surface area contributed by atoms with Gasteiger partial charge in [-0.25, -0.2) is 0 Å². The molecule has 1 heterocycles. The molecule has 150 valence electrons. The first-order chi connectivity index (χ1) is 13.4. The molecule has 1 aliphatic heterocycles. The number of rotatable bonds is 6. The topological polar surface area (TPSA) is 44.8 Å². The predicted molar refractivity (Wildman–Crippen MR) is 107 cm³/mol. The molecule has 1 amide bonds. The number of hydrogen-bond donors (Lipinski definition) is 1. The lowest BCUT2D eigenvalue weighted by atomic mass is 10.1. The van der Waals surface area contributed by atoms with Crippen LogP contribution in [-0.4, -0.2) is 50.6 Å². The standard InChI is InChI=1S/C20H22ClF2N3O2/c1-25-8-10-26(11-9-25)17-7-6-15(13-16(17)21)24-19(27)12-14-4-2-3-5-18(14)28-20(22)23/h2-7,13,20H,8-12H2,1H3,(H,24,27). The fourth-order valence-corrected chi connectivity index (χ4v) is 3.43.